The molecular formula is C19H14Cl2O6. The van der Waals surface area contributed by atoms with Crippen LogP contribution in [0.15, 0.2) is 33.9 Å². The number of halogens is 2. The summed E-state index contributed by atoms with van der Waals surface area (Å²) in [6, 6.07) is 4.65. The lowest BCUT2D eigenvalue weighted by molar-refractivity contribution is -0.111. The van der Waals surface area contributed by atoms with Crippen LogP contribution in [0.5, 0.6) is 11.5 Å². The number of furan rings is 1. The molecule has 0 spiro atoms. The van der Waals surface area contributed by atoms with Gasteiger partial charge in [0.05, 0.1) is 24.3 Å². The van der Waals surface area contributed by atoms with E-state index in [0.717, 1.165) is 6.26 Å². The first-order valence-electron chi connectivity index (χ1n) is 8.11. The van der Waals surface area contributed by atoms with Crippen molar-refractivity contribution < 1.29 is 28.3 Å². The van der Waals surface area contributed by atoms with Gasteiger partial charge in [0, 0.05) is 5.56 Å². The van der Waals surface area contributed by atoms with Crippen LogP contribution in [0.4, 0.5) is 0 Å². The van der Waals surface area contributed by atoms with Crippen molar-refractivity contribution in [3.05, 3.63) is 51.9 Å². The number of carbonyl (C=O) groups is 3. The van der Waals surface area contributed by atoms with E-state index in [-0.39, 0.29) is 27.5 Å². The standard InChI is InChI=1S/C19H14Cl2O6/c1-3-25-11-6-5-9(7-12(11)26-4-2)16(22)10-8-27-19-13(10)17(23)18(24)14(20)15(19)21/h5-8H,3-4H2,1-2H3. The van der Waals surface area contributed by atoms with Crippen molar-refractivity contribution >= 4 is 45.6 Å². The van der Waals surface area contributed by atoms with E-state index in [9.17, 15) is 14.4 Å². The van der Waals surface area contributed by atoms with Gasteiger partial charge < -0.3 is 13.9 Å². The highest BCUT2D eigenvalue weighted by molar-refractivity contribution is 6.71. The van der Waals surface area contributed by atoms with Crippen LogP contribution in [0.3, 0.4) is 0 Å². The molecule has 2 aromatic rings. The van der Waals surface area contributed by atoms with Crippen LogP contribution in [-0.4, -0.2) is 30.6 Å². The van der Waals surface area contributed by atoms with Gasteiger partial charge in [0.1, 0.15) is 16.3 Å². The van der Waals surface area contributed by atoms with Crippen molar-refractivity contribution in [1.82, 2.24) is 0 Å². The number of rotatable bonds is 6. The van der Waals surface area contributed by atoms with Crippen LogP contribution in [-0.2, 0) is 4.79 Å². The summed E-state index contributed by atoms with van der Waals surface area (Å²) in [5.41, 5.74) is -0.0222. The maximum absolute atomic E-state index is 12.9. The highest BCUT2D eigenvalue weighted by Crippen LogP contribution is 2.38. The van der Waals surface area contributed by atoms with Crippen LogP contribution < -0.4 is 9.47 Å². The zero-order valence-electron chi connectivity index (χ0n) is 14.4. The molecule has 1 aromatic heterocycles. The minimum atomic E-state index is -0.980. The van der Waals surface area contributed by atoms with Crippen LogP contribution in [0.2, 0.25) is 0 Å². The Hall–Kier alpha value is -2.57. The Labute approximate surface area is 164 Å². The molecule has 8 heteroatoms. The van der Waals surface area contributed by atoms with Crippen molar-refractivity contribution in [1.29, 1.82) is 0 Å². The summed E-state index contributed by atoms with van der Waals surface area (Å²) >= 11 is 11.7. The molecular weight excluding hydrogens is 395 g/mol. The molecule has 1 aromatic carbocycles. The Morgan fingerprint density at radius 2 is 1.67 bits per heavy atom. The van der Waals surface area contributed by atoms with E-state index in [2.05, 4.69) is 0 Å². The zero-order chi connectivity index (χ0) is 19.7. The Morgan fingerprint density at radius 3 is 2.33 bits per heavy atom. The van der Waals surface area contributed by atoms with Crippen LogP contribution in [0.25, 0.3) is 5.03 Å². The van der Waals surface area contributed by atoms with E-state index >= 15 is 0 Å². The van der Waals surface area contributed by atoms with Crippen molar-refractivity contribution in [2.75, 3.05) is 13.2 Å². The van der Waals surface area contributed by atoms with Gasteiger partial charge in [0.15, 0.2) is 23.0 Å². The largest absolute Gasteiger partial charge is 0.490 e. The van der Waals surface area contributed by atoms with Crippen LogP contribution in [0.1, 0.15) is 45.9 Å². The fourth-order valence-electron chi connectivity index (χ4n) is 2.67. The fraction of sp³-hybridized carbons (Fsp3) is 0.211. The molecule has 0 amide bonds. The monoisotopic (exact) mass is 408 g/mol. The summed E-state index contributed by atoms with van der Waals surface area (Å²) in [7, 11) is 0. The zero-order valence-corrected chi connectivity index (χ0v) is 15.9. The summed E-state index contributed by atoms with van der Waals surface area (Å²) in [6.45, 7) is 4.45. The SMILES string of the molecule is CCOc1ccc(C(=O)c2coc3c2C(=O)C(=O)C(Cl)=C3Cl)cc1OCC. The van der Waals surface area contributed by atoms with E-state index in [1.54, 1.807) is 13.0 Å². The van der Waals surface area contributed by atoms with Gasteiger partial charge in [0.25, 0.3) is 0 Å². The third kappa shape index (κ3) is 3.26. The predicted molar refractivity (Wildman–Crippen MR) is 98.9 cm³/mol. The number of ether oxygens (including phenoxy) is 2. The maximum Gasteiger partial charge on any atom is 0.246 e. The van der Waals surface area contributed by atoms with Gasteiger partial charge in [-0.1, -0.05) is 23.2 Å². The summed E-state index contributed by atoms with van der Waals surface area (Å²) in [6.07, 6.45) is 1.09. The Bertz CT molecular complexity index is 986. The molecule has 3 rings (SSSR count). The van der Waals surface area contributed by atoms with Crippen molar-refractivity contribution in [3.63, 3.8) is 0 Å². The Morgan fingerprint density at radius 1 is 1.00 bits per heavy atom. The van der Waals surface area contributed by atoms with Crippen molar-refractivity contribution in [2.24, 2.45) is 0 Å². The van der Waals surface area contributed by atoms with Gasteiger partial charge in [-0.05, 0) is 32.0 Å². The van der Waals surface area contributed by atoms with Crippen molar-refractivity contribution in [2.45, 2.75) is 13.8 Å². The molecule has 0 saturated carbocycles. The molecule has 6 nitrogen and oxygen atoms in total. The number of carbonyl (C=O) groups excluding carboxylic acids is 3. The molecule has 0 saturated heterocycles. The molecule has 140 valence electrons. The molecule has 0 unspecified atom stereocenters. The lowest BCUT2D eigenvalue weighted by Crippen LogP contribution is -2.22. The molecule has 1 aliphatic carbocycles. The number of benzene rings is 1. The average Bonchev–Trinajstić information content (AvgIpc) is 3.11. The van der Waals surface area contributed by atoms with Gasteiger partial charge in [0.2, 0.25) is 11.6 Å². The summed E-state index contributed by atoms with van der Waals surface area (Å²) in [5.74, 6) is -1.64. The first-order chi connectivity index (χ1) is 12.9. The van der Waals surface area contributed by atoms with E-state index in [1.165, 1.54) is 12.1 Å². The van der Waals surface area contributed by atoms with Crippen LogP contribution >= 0.6 is 23.2 Å². The van der Waals surface area contributed by atoms with Crippen molar-refractivity contribution in [3.8, 4) is 11.5 Å². The number of ketones is 3. The topological polar surface area (TPSA) is 82.8 Å². The normalized spacial score (nSPS) is 13.6. The number of fused-ring (bicyclic) bond motifs is 1. The minimum Gasteiger partial charge on any atom is -0.490 e. The number of hydrogen-bond donors (Lipinski definition) is 0. The summed E-state index contributed by atoms with van der Waals surface area (Å²) in [5, 5.41) is -0.626. The molecule has 0 aliphatic heterocycles. The van der Waals surface area contributed by atoms with Crippen LogP contribution in [0, 0.1) is 0 Å². The lowest BCUT2D eigenvalue weighted by atomic mass is 9.93. The summed E-state index contributed by atoms with van der Waals surface area (Å²) in [4.78, 5) is 37.2. The molecule has 0 fully saturated rings. The highest BCUT2D eigenvalue weighted by atomic mass is 35.5. The second kappa shape index (κ2) is 7.58. The van der Waals surface area contributed by atoms with Gasteiger partial charge in [-0.25, -0.2) is 0 Å². The maximum atomic E-state index is 12.9. The average molecular weight is 409 g/mol. The fourth-order valence-corrected chi connectivity index (χ4v) is 3.07. The Kier molecular flexibility index (Phi) is 5.39. The third-order valence-electron chi connectivity index (χ3n) is 3.87. The lowest BCUT2D eigenvalue weighted by Gasteiger charge is -2.12. The highest BCUT2D eigenvalue weighted by Gasteiger charge is 2.38. The smallest absolute Gasteiger partial charge is 0.246 e. The first kappa shape index (κ1) is 19.2. The molecule has 27 heavy (non-hydrogen) atoms. The first-order valence-corrected chi connectivity index (χ1v) is 8.86. The minimum absolute atomic E-state index is 0.0720. The summed E-state index contributed by atoms with van der Waals surface area (Å²) < 4.78 is 16.2. The van der Waals surface area contributed by atoms with E-state index in [1.807, 2.05) is 6.92 Å². The molecule has 0 atom stereocenters. The molecule has 0 radical (unpaired) electrons. The molecule has 1 aliphatic rings. The van der Waals surface area contributed by atoms with Gasteiger partial charge in [-0.3, -0.25) is 14.4 Å². The predicted octanol–water partition coefficient (Wildman–Crippen LogP) is 4.22. The second-order valence-corrected chi connectivity index (χ2v) is 6.25. The molecule has 0 bridgehead atoms. The molecule has 1 heterocycles. The third-order valence-corrected chi connectivity index (χ3v) is 4.68. The van der Waals surface area contributed by atoms with Gasteiger partial charge in [-0.15, -0.1) is 0 Å². The molecule has 0 N–H and O–H groups in total. The van der Waals surface area contributed by atoms with Gasteiger partial charge in [-0.2, -0.15) is 0 Å². The van der Waals surface area contributed by atoms with E-state index < -0.39 is 22.4 Å². The number of hydrogen-bond acceptors (Lipinski definition) is 6. The second-order valence-electron chi connectivity index (χ2n) is 5.50. The van der Waals surface area contributed by atoms with Gasteiger partial charge >= 0.3 is 0 Å². The quantitative estimate of drug-likeness (QED) is 0.525. The number of allylic oxidation sites excluding steroid dienone is 1. The number of Topliss-reactive ketones (excluding diaryl/α,β-unsaturated/α-hetero) is 2. The Balaban J connectivity index is 2.06. The van der Waals surface area contributed by atoms with E-state index in [4.69, 9.17) is 37.1 Å². The van der Waals surface area contributed by atoms with E-state index in [0.29, 0.717) is 24.7 Å².